The second kappa shape index (κ2) is 10.9. The van der Waals surface area contributed by atoms with E-state index in [4.69, 9.17) is 0 Å². The first-order chi connectivity index (χ1) is 16.5. The number of thioether (sulfide) groups is 1. The Labute approximate surface area is 207 Å². The van der Waals surface area contributed by atoms with E-state index in [-0.39, 0.29) is 12.2 Å². The Morgan fingerprint density at radius 3 is 2.41 bits per heavy atom. The first-order valence-electron chi connectivity index (χ1n) is 10.2. The van der Waals surface area contributed by atoms with Crippen molar-refractivity contribution in [3.8, 4) is 5.69 Å². The van der Waals surface area contributed by atoms with Gasteiger partial charge < -0.3 is 10.6 Å². The van der Waals surface area contributed by atoms with Crippen molar-refractivity contribution in [2.75, 3.05) is 5.32 Å². The fourth-order valence-corrected chi connectivity index (χ4v) is 4.41. The van der Waals surface area contributed by atoms with Crippen molar-refractivity contribution in [1.29, 1.82) is 0 Å². The summed E-state index contributed by atoms with van der Waals surface area (Å²) in [5.74, 6) is 1.16. The molecule has 0 bridgehead atoms. The molecule has 0 aliphatic rings. The number of hydrogen-bond donors (Lipinski definition) is 2. The van der Waals surface area contributed by atoms with Crippen molar-refractivity contribution in [2.24, 2.45) is 0 Å². The molecule has 0 fully saturated rings. The number of urea groups is 1. The zero-order chi connectivity index (χ0) is 23.9. The summed E-state index contributed by atoms with van der Waals surface area (Å²) in [5, 5.41) is 25.8. The molecule has 1 heterocycles. The number of amides is 2. The van der Waals surface area contributed by atoms with Gasteiger partial charge in [0.15, 0.2) is 11.0 Å². The van der Waals surface area contributed by atoms with Gasteiger partial charge in [-0.1, -0.05) is 54.2 Å². The van der Waals surface area contributed by atoms with Crippen LogP contribution in [0.15, 0.2) is 88.5 Å². The molecule has 2 amide bonds. The van der Waals surface area contributed by atoms with E-state index in [2.05, 4.69) is 36.8 Å². The fraction of sp³-hybridized carbons (Fsp3) is 0.0870. The Morgan fingerprint density at radius 2 is 1.71 bits per heavy atom. The second-order valence-electron chi connectivity index (χ2n) is 7.07. The zero-order valence-electron chi connectivity index (χ0n) is 17.7. The van der Waals surface area contributed by atoms with Gasteiger partial charge >= 0.3 is 6.03 Å². The highest BCUT2D eigenvalue weighted by molar-refractivity contribution is 9.10. The summed E-state index contributed by atoms with van der Waals surface area (Å²) in [6.45, 7) is 0.103. The molecule has 0 unspecified atom stereocenters. The number of nitro benzene ring substituents is 1. The van der Waals surface area contributed by atoms with Crippen LogP contribution in [0.3, 0.4) is 0 Å². The molecule has 11 heteroatoms. The summed E-state index contributed by atoms with van der Waals surface area (Å²) in [6.07, 6.45) is 0. The number of halogens is 1. The molecule has 3 aromatic carbocycles. The van der Waals surface area contributed by atoms with Crippen molar-refractivity contribution in [1.82, 2.24) is 20.1 Å². The van der Waals surface area contributed by atoms with Crippen LogP contribution < -0.4 is 10.6 Å². The normalized spacial score (nSPS) is 10.6. The summed E-state index contributed by atoms with van der Waals surface area (Å²) in [5.41, 5.74) is 2.41. The molecule has 0 spiro atoms. The monoisotopic (exact) mass is 538 g/mol. The first kappa shape index (κ1) is 23.5. The summed E-state index contributed by atoms with van der Waals surface area (Å²) in [4.78, 5) is 23.0. The van der Waals surface area contributed by atoms with E-state index in [1.54, 1.807) is 22.8 Å². The smallest absolute Gasteiger partial charge is 0.319 e. The second-order valence-corrected chi connectivity index (χ2v) is 8.87. The molecule has 1 aromatic heterocycles. The first-order valence-corrected chi connectivity index (χ1v) is 11.9. The maximum absolute atomic E-state index is 12.4. The SMILES string of the molecule is O=C(NCc1nnc(SCc2ccccc2)n1-c1ccc([N+](=O)[O-])cc1)Nc1ccccc1Br. The zero-order valence-corrected chi connectivity index (χ0v) is 20.1. The van der Waals surface area contributed by atoms with Crippen LogP contribution in [-0.4, -0.2) is 25.7 Å². The standard InChI is InChI=1S/C23H19BrN6O3S/c24-19-8-4-5-9-20(19)26-22(31)25-14-21-27-28-23(34-15-16-6-2-1-3-7-16)29(21)17-10-12-18(13-11-17)30(32)33/h1-13H,14-15H2,(H2,25,26,31). The molecule has 4 rings (SSSR count). The summed E-state index contributed by atoms with van der Waals surface area (Å²) in [6, 6.07) is 23.0. The van der Waals surface area contributed by atoms with Gasteiger partial charge in [-0.15, -0.1) is 10.2 Å². The van der Waals surface area contributed by atoms with Crippen molar-refractivity contribution < 1.29 is 9.72 Å². The number of aromatic nitrogens is 3. The molecule has 0 aliphatic carbocycles. The van der Waals surface area contributed by atoms with Crippen LogP contribution in [-0.2, 0) is 12.3 Å². The summed E-state index contributed by atoms with van der Waals surface area (Å²) in [7, 11) is 0. The van der Waals surface area contributed by atoms with E-state index in [9.17, 15) is 14.9 Å². The van der Waals surface area contributed by atoms with E-state index in [1.807, 2.05) is 48.5 Å². The predicted molar refractivity (Wildman–Crippen MR) is 134 cm³/mol. The molecule has 34 heavy (non-hydrogen) atoms. The lowest BCUT2D eigenvalue weighted by Gasteiger charge is -2.12. The molecule has 4 aromatic rings. The van der Waals surface area contributed by atoms with Crippen molar-refractivity contribution >= 4 is 45.1 Å². The Balaban J connectivity index is 1.54. The molecule has 0 aliphatic heterocycles. The third-order valence-corrected chi connectivity index (χ3v) is 6.45. The van der Waals surface area contributed by atoms with E-state index < -0.39 is 11.0 Å². The Morgan fingerprint density at radius 1 is 1.00 bits per heavy atom. The number of para-hydroxylation sites is 1. The lowest BCUT2D eigenvalue weighted by molar-refractivity contribution is -0.384. The Kier molecular flexibility index (Phi) is 7.55. The van der Waals surface area contributed by atoms with Crippen LogP contribution in [0.4, 0.5) is 16.2 Å². The Bertz CT molecular complexity index is 1300. The highest BCUT2D eigenvalue weighted by Gasteiger charge is 2.17. The van der Waals surface area contributed by atoms with Gasteiger partial charge in [0.05, 0.1) is 17.2 Å². The van der Waals surface area contributed by atoms with Gasteiger partial charge in [0, 0.05) is 28.0 Å². The van der Waals surface area contributed by atoms with Gasteiger partial charge in [0.2, 0.25) is 0 Å². The fourth-order valence-electron chi connectivity index (χ4n) is 3.10. The number of carbonyl (C=O) groups excluding carboxylic acids is 1. The van der Waals surface area contributed by atoms with Gasteiger partial charge in [-0.05, 0) is 45.8 Å². The average molecular weight is 539 g/mol. The number of nitrogens with one attached hydrogen (secondary N) is 2. The van der Waals surface area contributed by atoms with Gasteiger partial charge in [-0.25, -0.2) is 4.79 Å². The number of carbonyl (C=O) groups is 1. The minimum atomic E-state index is -0.449. The number of nitrogens with zero attached hydrogens (tertiary/aromatic N) is 4. The topological polar surface area (TPSA) is 115 Å². The van der Waals surface area contributed by atoms with E-state index in [1.165, 1.54) is 23.9 Å². The number of anilines is 1. The lowest BCUT2D eigenvalue weighted by Crippen LogP contribution is -2.29. The maximum Gasteiger partial charge on any atom is 0.319 e. The predicted octanol–water partition coefficient (Wildman–Crippen LogP) is 5.55. The molecule has 0 saturated carbocycles. The minimum absolute atomic E-state index is 0.0113. The largest absolute Gasteiger partial charge is 0.331 e. The molecule has 9 nitrogen and oxygen atoms in total. The third-order valence-electron chi connectivity index (χ3n) is 4.76. The molecular formula is C23H19BrN6O3S. The van der Waals surface area contributed by atoms with Crippen LogP contribution in [0.2, 0.25) is 0 Å². The highest BCUT2D eigenvalue weighted by Crippen LogP contribution is 2.26. The minimum Gasteiger partial charge on any atom is -0.331 e. The van der Waals surface area contributed by atoms with Gasteiger partial charge in [0.1, 0.15) is 0 Å². The van der Waals surface area contributed by atoms with Crippen molar-refractivity contribution in [3.63, 3.8) is 0 Å². The van der Waals surface area contributed by atoms with Gasteiger partial charge in [-0.3, -0.25) is 14.7 Å². The quantitative estimate of drug-likeness (QED) is 0.172. The van der Waals surface area contributed by atoms with Crippen LogP contribution in [0, 0.1) is 10.1 Å². The molecule has 0 saturated heterocycles. The van der Waals surface area contributed by atoms with Crippen molar-refractivity contribution in [2.45, 2.75) is 17.5 Å². The number of hydrogen-bond acceptors (Lipinski definition) is 6. The van der Waals surface area contributed by atoms with Gasteiger partial charge in [-0.2, -0.15) is 0 Å². The average Bonchev–Trinajstić information content (AvgIpc) is 3.26. The van der Waals surface area contributed by atoms with Crippen LogP contribution in [0.1, 0.15) is 11.4 Å². The summed E-state index contributed by atoms with van der Waals surface area (Å²) < 4.78 is 2.55. The van der Waals surface area contributed by atoms with E-state index in [0.29, 0.717) is 28.1 Å². The lowest BCUT2D eigenvalue weighted by atomic mass is 10.2. The van der Waals surface area contributed by atoms with E-state index >= 15 is 0 Å². The van der Waals surface area contributed by atoms with E-state index in [0.717, 1.165) is 10.0 Å². The molecular weight excluding hydrogens is 520 g/mol. The third kappa shape index (κ3) is 5.80. The van der Waals surface area contributed by atoms with Crippen molar-refractivity contribution in [3.05, 3.63) is 105 Å². The van der Waals surface area contributed by atoms with Gasteiger partial charge in [0.25, 0.3) is 5.69 Å². The van der Waals surface area contributed by atoms with Crippen LogP contribution >= 0.6 is 27.7 Å². The molecule has 0 atom stereocenters. The highest BCUT2D eigenvalue weighted by atomic mass is 79.9. The van der Waals surface area contributed by atoms with Crippen LogP contribution in [0.25, 0.3) is 5.69 Å². The number of non-ortho nitro benzene ring substituents is 1. The number of rotatable bonds is 8. The summed E-state index contributed by atoms with van der Waals surface area (Å²) >= 11 is 4.89. The maximum atomic E-state index is 12.4. The molecule has 172 valence electrons. The number of benzene rings is 3. The van der Waals surface area contributed by atoms with Crippen LogP contribution in [0.5, 0.6) is 0 Å². The molecule has 2 N–H and O–H groups in total. The Hall–Kier alpha value is -3.70. The molecule has 0 radical (unpaired) electrons. The number of nitro groups is 1.